The molecule has 0 saturated heterocycles. The van der Waals surface area contributed by atoms with E-state index in [1.807, 2.05) is 6.92 Å². The highest BCUT2D eigenvalue weighted by Crippen LogP contribution is 2.34. The van der Waals surface area contributed by atoms with Crippen molar-refractivity contribution in [1.82, 2.24) is 5.32 Å². The van der Waals surface area contributed by atoms with Gasteiger partial charge in [0.25, 0.3) is 5.91 Å². The second kappa shape index (κ2) is 7.49. The van der Waals surface area contributed by atoms with Crippen molar-refractivity contribution in [2.24, 2.45) is 5.41 Å². The van der Waals surface area contributed by atoms with E-state index in [2.05, 4.69) is 19.2 Å². The monoisotopic (exact) mass is 307 g/mol. The molecule has 0 radical (unpaired) electrons. The third kappa shape index (κ3) is 4.63. The second-order valence-electron chi connectivity index (χ2n) is 6.21. The molecule has 0 unspecified atom stereocenters. The van der Waals surface area contributed by atoms with Gasteiger partial charge in [-0.05, 0) is 31.5 Å². The lowest BCUT2D eigenvalue weighted by molar-refractivity contribution is 0.0943. The minimum atomic E-state index is -0.105. The maximum absolute atomic E-state index is 12.1. The Balaban J connectivity index is 1.93. The molecule has 1 aromatic carbocycles. The zero-order valence-electron chi connectivity index (χ0n) is 13.6. The van der Waals surface area contributed by atoms with Crippen LogP contribution in [0.3, 0.4) is 0 Å². The molecule has 1 heterocycles. The molecule has 0 atom stereocenters. The van der Waals surface area contributed by atoms with E-state index in [0.29, 0.717) is 50.0 Å². The number of benzene rings is 1. The fourth-order valence-electron chi connectivity index (χ4n) is 2.09. The third-order valence-electron chi connectivity index (χ3n) is 3.40. The second-order valence-corrected chi connectivity index (χ2v) is 6.21. The lowest BCUT2D eigenvalue weighted by Gasteiger charge is -2.19. The Labute approximate surface area is 131 Å². The molecule has 1 amide bonds. The molecule has 5 heteroatoms. The topological polar surface area (TPSA) is 56.8 Å². The van der Waals surface area contributed by atoms with Gasteiger partial charge < -0.3 is 19.5 Å². The SMILES string of the molecule is CCOCCCNC(=O)c1ccc2c(c1)OCC(C)(C)CO2. The smallest absolute Gasteiger partial charge is 0.251 e. The zero-order valence-corrected chi connectivity index (χ0v) is 13.6. The maximum atomic E-state index is 12.1. The van der Waals surface area contributed by atoms with E-state index in [1.165, 1.54) is 0 Å². The van der Waals surface area contributed by atoms with Crippen LogP contribution in [-0.2, 0) is 4.74 Å². The molecule has 0 saturated carbocycles. The van der Waals surface area contributed by atoms with Crippen LogP contribution in [0.2, 0.25) is 0 Å². The van der Waals surface area contributed by atoms with E-state index in [4.69, 9.17) is 14.2 Å². The van der Waals surface area contributed by atoms with Gasteiger partial charge in [-0.25, -0.2) is 0 Å². The Morgan fingerprint density at radius 1 is 1.27 bits per heavy atom. The lowest BCUT2D eigenvalue weighted by atomic mass is 9.97. The molecule has 5 nitrogen and oxygen atoms in total. The van der Waals surface area contributed by atoms with Crippen molar-refractivity contribution in [3.8, 4) is 11.5 Å². The van der Waals surface area contributed by atoms with E-state index >= 15 is 0 Å². The number of hydrogen-bond acceptors (Lipinski definition) is 4. The van der Waals surface area contributed by atoms with Crippen molar-refractivity contribution >= 4 is 5.91 Å². The highest BCUT2D eigenvalue weighted by molar-refractivity contribution is 5.94. The predicted octanol–water partition coefficient (Wildman–Crippen LogP) is 2.64. The summed E-state index contributed by atoms with van der Waals surface area (Å²) in [6.07, 6.45) is 0.804. The fourth-order valence-corrected chi connectivity index (χ4v) is 2.09. The Morgan fingerprint density at radius 2 is 2.00 bits per heavy atom. The molecule has 0 spiro atoms. The number of ether oxygens (including phenoxy) is 3. The van der Waals surface area contributed by atoms with E-state index in [9.17, 15) is 4.79 Å². The van der Waals surface area contributed by atoms with Gasteiger partial charge in [0.05, 0.1) is 13.2 Å². The molecule has 122 valence electrons. The Morgan fingerprint density at radius 3 is 2.73 bits per heavy atom. The molecular formula is C17H25NO4. The summed E-state index contributed by atoms with van der Waals surface area (Å²) in [5, 5.41) is 2.88. The minimum Gasteiger partial charge on any atom is -0.489 e. The summed E-state index contributed by atoms with van der Waals surface area (Å²) in [6, 6.07) is 5.30. The molecule has 0 fully saturated rings. The van der Waals surface area contributed by atoms with Crippen LogP contribution in [0.15, 0.2) is 18.2 Å². The third-order valence-corrected chi connectivity index (χ3v) is 3.40. The molecule has 1 aromatic rings. The number of fused-ring (bicyclic) bond motifs is 1. The van der Waals surface area contributed by atoms with Crippen LogP contribution in [0.25, 0.3) is 0 Å². The largest absolute Gasteiger partial charge is 0.489 e. The van der Waals surface area contributed by atoms with Gasteiger partial charge in [0, 0.05) is 30.7 Å². The summed E-state index contributed by atoms with van der Waals surface area (Å²) in [7, 11) is 0. The van der Waals surface area contributed by atoms with Crippen LogP contribution in [-0.4, -0.2) is 38.9 Å². The summed E-state index contributed by atoms with van der Waals surface area (Å²) < 4.78 is 16.8. The average Bonchev–Trinajstić information content (AvgIpc) is 2.65. The Bertz CT molecular complexity index is 513. The summed E-state index contributed by atoms with van der Waals surface area (Å²) in [6.45, 7) is 9.26. The van der Waals surface area contributed by atoms with Crippen molar-refractivity contribution in [1.29, 1.82) is 0 Å². The molecular weight excluding hydrogens is 282 g/mol. The Hall–Kier alpha value is -1.75. The number of carbonyl (C=O) groups excluding carboxylic acids is 1. The van der Waals surface area contributed by atoms with Gasteiger partial charge in [0.2, 0.25) is 0 Å². The lowest BCUT2D eigenvalue weighted by Crippen LogP contribution is -2.26. The highest BCUT2D eigenvalue weighted by Gasteiger charge is 2.25. The molecule has 22 heavy (non-hydrogen) atoms. The molecule has 1 aliphatic heterocycles. The fraction of sp³-hybridized carbons (Fsp3) is 0.588. The average molecular weight is 307 g/mol. The van der Waals surface area contributed by atoms with E-state index in [-0.39, 0.29) is 11.3 Å². The van der Waals surface area contributed by atoms with Crippen LogP contribution >= 0.6 is 0 Å². The van der Waals surface area contributed by atoms with E-state index in [1.54, 1.807) is 18.2 Å². The number of carbonyl (C=O) groups is 1. The summed E-state index contributed by atoms with van der Waals surface area (Å²) >= 11 is 0. The first-order chi connectivity index (χ1) is 10.5. The van der Waals surface area contributed by atoms with Gasteiger partial charge in [-0.2, -0.15) is 0 Å². The summed E-state index contributed by atoms with van der Waals surface area (Å²) in [5.74, 6) is 1.22. The van der Waals surface area contributed by atoms with Crippen molar-refractivity contribution in [3.63, 3.8) is 0 Å². The summed E-state index contributed by atoms with van der Waals surface area (Å²) in [4.78, 5) is 12.1. The van der Waals surface area contributed by atoms with E-state index in [0.717, 1.165) is 6.42 Å². The van der Waals surface area contributed by atoms with Gasteiger partial charge in [-0.15, -0.1) is 0 Å². The first kappa shape index (κ1) is 16.6. The van der Waals surface area contributed by atoms with Crippen molar-refractivity contribution < 1.29 is 19.0 Å². The number of rotatable bonds is 6. The predicted molar refractivity (Wildman–Crippen MR) is 84.7 cm³/mol. The number of hydrogen-bond donors (Lipinski definition) is 1. The van der Waals surface area contributed by atoms with Gasteiger partial charge in [-0.3, -0.25) is 4.79 Å². The maximum Gasteiger partial charge on any atom is 0.251 e. The van der Waals surface area contributed by atoms with E-state index < -0.39 is 0 Å². The molecule has 0 aliphatic carbocycles. The molecule has 0 bridgehead atoms. The number of amides is 1. The van der Waals surface area contributed by atoms with Gasteiger partial charge in [0.1, 0.15) is 0 Å². The van der Waals surface area contributed by atoms with Crippen LogP contribution in [0.1, 0.15) is 37.6 Å². The van der Waals surface area contributed by atoms with Gasteiger partial charge >= 0.3 is 0 Å². The van der Waals surface area contributed by atoms with Crippen molar-refractivity contribution in [2.45, 2.75) is 27.2 Å². The first-order valence-corrected chi connectivity index (χ1v) is 7.77. The van der Waals surface area contributed by atoms with Gasteiger partial charge in [-0.1, -0.05) is 13.8 Å². The normalized spacial score (nSPS) is 16.0. The molecule has 0 aromatic heterocycles. The molecule has 1 N–H and O–H groups in total. The van der Waals surface area contributed by atoms with Crippen LogP contribution in [0.5, 0.6) is 11.5 Å². The quantitative estimate of drug-likeness (QED) is 0.821. The summed E-state index contributed by atoms with van der Waals surface area (Å²) in [5.41, 5.74) is 0.541. The highest BCUT2D eigenvalue weighted by atomic mass is 16.5. The Kier molecular flexibility index (Phi) is 5.66. The molecule has 2 rings (SSSR count). The standard InChI is InChI=1S/C17H25NO4/c1-4-20-9-5-8-18-16(19)13-6-7-14-15(10-13)22-12-17(2,3)11-21-14/h6-7,10H,4-5,8-9,11-12H2,1-3H3,(H,18,19). The van der Waals surface area contributed by atoms with Crippen LogP contribution < -0.4 is 14.8 Å². The van der Waals surface area contributed by atoms with Gasteiger partial charge in [0.15, 0.2) is 11.5 Å². The van der Waals surface area contributed by atoms with Crippen LogP contribution in [0, 0.1) is 5.41 Å². The minimum absolute atomic E-state index is 0.0410. The number of nitrogens with one attached hydrogen (secondary N) is 1. The van der Waals surface area contributed by atoms with Crippen LogP contribution in [0.4, 0.5) is 0 Å². The zero-order chi connectivity index (χ0) is 16.0. The molecule has 1 aliphatic rings. The first-order valence-electron chi connectivity index (χ1n) is 7.77. The van der Waals surface area contributed by atoms with Crippen molar-refractivity contribution in [3.05, 3.63) is 23.8 Å². The van der Waals surface area contributed by atoms with Crippen molar-refractivity contribution in [2.75, 3.05) is 33.0 Å².